The number of nitriles is 1. The van der Waals surface area contributed by atoms with Gasteiger partial charge in [0.2, 0.25) is 0 Å². The van der Waals surface area contributed by atoms with Gasteiger partial charge >= 0.3 is 0 Å². The van der Waals surface area contributed by atoms with Crippen molar-refractivity contribution in [2.75, 3.05) is 6.61 Å². The number of aliphatic hydroxyl groups excluding tert-OH is 1. The molecule has 0 saturated heterocycles. The highest BCUT2D eigenvalue weighted by Crippen LogP contribution is 2.44. The summed E-state index contributed by atoms with van der Waals surface area (Å²) in [6.07, 6.45) is 13.9. The van der Waals surface area contributed by atoms with Crippen molar-refractivity contribution in [3.8, 4) is 6.07 Å². The van der Waals surface area contributed by atoms with Gasteiger partial charge in [-0.1, -0.05) is 32.6 Å². The highest BCUT2D eigenvalue weighted by Gasteiger charge is 2.34. The van der Waals surface area contributed by atoms with Gasteiger partial charge in [0.1, 0.15) is 0 Å². The molecule has 1 unspecified atom stereocenters. The van der Waals surface area contributed by atoms with Crippen molar-refractivity contribution in [3.63, 3.8) is 0 Å². The molecular formula is C19H33NO. The van der Waals surface area contributed by atoms with E-state index in [1.165, 1.54) is 51.4 Å². The van der Waals surface area contributed by atoms with Crippen LogP contribution in [0, 0.1) is 40.9 Å². The minimum atomic E-state index is 0.302. The zero-order chi connectivity index (χ0) is 15.1. The first-order valence-electron chi connectivity index (χ1n) is 9.28. The number of hydrogen-bond donors (Lipinski definition) is 1. The lowest BCUT2D eigenvalue weighted by molar-refractivity contribution is 0.0921. The van der Waals surface area contributed by atoms with E-state index in [0.29, 0.717) is 12.5 Å². The molecule has 21 heavy (non-hydrogen) atoms. The van der Waals surface area contributed by atoms with Crippen molar-refractivity contribution in [1.29, 1.82) is 5.26 Å². The van der Waals surface area contributed by atoms with Crippen LogP contribution >= 0.6 is 0 Å². The second kappa shape index (κ2) is 8.79. The highest BCUT2D eigenvalue weighted by atomic mass is 16.3. The van der Waals surface area contributed by atoms with E-state index >= 15 is 0 Å². The maximum absolute atomic E-state index is 9.48. The molecule has 120 valence electrons. The minimum Gasteiger partial charge on any atom is -0.396 e. The Bertz CT molecular complexity index is 319. The summed E-state index contributed by atoms with van der Waals surface area (Å²) in [6, 6.07) is 2.45. The first kappa shape index (κ1) is 16.8. The predicted molar refractivity (Wildman–Crippen MR) is 86.6 cm³/mol. The third-order valence-corrected chi connectivity index (χ3v) is 6.22. The molecule has 0 radical (unpaired) electrons. The number of hydrogen-bond acceptors (Lipinski definition) is 2. The smallest absolute Gasteiger partial charge is 0.0655 e. The van der Waals surface area contributed by atoms with Gasteiger partial charge in [0.05, 0.1) is 6.07 Å². The van der Waals surface area contributed by atoms with E-state index in [0.717, 1.165) is 42.9 Å². The summed E-state index contributed by atoms with van der Waals surface area (Å²) in [5.74, 6) is 3.60. The van der Waals surface area contributed by atoms with Gasteiger partial charge in [-0.3, -0.25) is 0 Å². The molecule has 2 aliphatic rings. The quantitative estimate of drug-likeness (QED) is 0.754. The van der Waals surface area contributed by atoms with Gasteiger partial charge in [-0.25, -0.2) is 0 Å². The molecule has 2 heteroatoms. The van der Waals surface area contributed by atoms with E-state index in [1.54, 1.807) is 0 Å². The largest absolute Gasteiger partial charge is 0.396 e. The Morgan fingerprint density at radius 2 is 1.57 bits per heavy atom. The summed E-state index contributed by atoms with van der Waals surface area (Å²) in [5, 5.41) is 18.5. The van der Waals surface area contributed by atoms with Crippen molar-refractivity contribution in [2.24, 2.45) is 29.6 Å². The normalized spacial score (nSPS) is 35.1. The van der Waals surface area contributed by atoms with E-state index in [2.05, 4.69) is 13.0 Å². The van der Waals surface area contributed by atoms with Gasteiger partial charge in [-0.2, -0.15) is 5.26 Å². The van der Waals surface area contributed by atoms with Crippen LogP contribution in [-0.2, 0) is 0 Å². The molecule has 2 fully saturated rings. The van der Waals surface area contributed by atoms with Gasteiger partial charge in [0.15, 0.2) is 0 Å². The van der Waals surface area contributed by atoms with E-state index in [9.17, 15) is 5.11 Å². The minimum absolute atomic E-state index is 0.302. The molecule has 2 rings (SSSR count). The fraction of sp³-hybridized carbons (Fsp3) is 0.947. The van der Waals surface area contributed by atoms with Gasteiger partial charge in [-0.15, -0.1) is 0 Å². The summed E-state index contributed by atoms with van der Waals surface area (Å²) < 4.78 is 0. The van der Waals surface area contributed by atoms with Crippen LogP contribution in [0.15, 0.2) is 0 Å². The average molecular weight is 291 g/mol. The molecule has 0 amide bonds. The summed E-state index contributed by atoms with van der Waals surface area (Å²) in [6.45, 7) is 2.64. The van der Waals surface area contributed by atoms with Crippen molar-refractivity contribution in [2.45, 2.75) is 77.6 Å². The summed E-state index contributed by atoms with van der Waals surface area (Å²) in [4.78, 5) is 0. The molecule has 0 aromatic carbocycles. The zero-order valence-electron chi connectivity index (χ0n) is 13.8. The lowest BCUT2D eigenvalue weighted by Crippen LogP contribution is -2.30. The standard InChI is InChI=1S/C19H33NO/c1-2-3-15-4-8-17(9-5-15)19(12-13-21)18-10-6-16(14-20)7-11-18/h15-19,21H,2-13H2,1H3. The molecule has 0 spiro atoms. The lowest BCUT2D eigenvalue weighted by atomic mass is 9.65. The molecule has 0 heterocycles. The summed E-state index contributed by atoms with van der Waals surface area (Å²) in [5.41, 5.74) is 0. The Balaban J connectivity index is 1.86. The molecule has 0 aromatic rings. The third kappa shape index (κ3) is 4.71. The van der Waals surface area contributed by atoms with Gasteiger partial charge in [0.25, 0.3) is 0 Å². The molecule has 2 aliphatic carbocycles. The molecular weight excluding hydrogens is 258 g/mol. The molecule has 2 nitrogen and oxygen atoms in total. The highest BCUT2D eigenvalue weighted by molar-refractivity contribution is 4.90. The molecule has 1 atom stereocenters. The van der Waals surface area contributed by atoms with Crippen LogP contribution in [0.25, 0.3) is 0 Å². The number of aliphatic hydroxyl groups is 1. The van der Waals surface area contributed by atoms with Crippen LogP contribution in [0.5, 0.6) is 0 Å². The first-order chi connectivity index (χ1) is 10.3. The van der Waals surface area contributed by atoms with E-state index in [4.69, 9.17) is 5.26 Å². The second-order valence-corrected chi connectivity index (χ2v) is 7.49. The molecule has 0 aromatic heterocycles. The first-order valence-corrected chi connectivity index (χ1v) is 9.28. The van der Waals surface area contributed by atoms with E-state index in [-0.39, 0.29) is 0 Å². The van der Waals surface area contributed by atoms with Gasteiger partial charge in [-0.05, 0) is 68.6 Å². The summed E-state index contributed by atoms with van der Waals surface area (Å²) >= 11 is 0. The predicted octanol–water partition coefficient (Wildman–Crippen LogP) is 4.92. The SMILES string of the molecule is CCCC1CCC(C(CCO)C2CCC(C#N)CC2)CC1. The van der Waals surface area contributed by atoms with Crippen molar-refractivity contribution in [1.82, 2.24) is 0 Å². The Morgan fingerprint density at radius 3 is 2.05 bits per heavy atom. The Labute approximate surface area is 130 Å². The molecule has 0 aliphatic heterocycles. The van der Waals surface area contributed by atoms with Crippen LogP contribution in [0.4, 0.5) is 0 Å². The molecule has 0 bridgehead atoms. The van der Waals surface area contributed by atoms with Crippen LogP contribution in [0.1, 0.15) is 77.6 Å². The van der Waals surface area contributed by atoms with Gasteiger partial charge in [0, 0.05) is 12.5 Å². The summed E-state index contributed by atoms with van der Waals surface area (Å²) in [7, 11) is 0. The zero-order valence-corrected chi connectivity index (χ0v) is 13.8. The van der Waals surface area contributed by atoms with Crippen molar-refractivity contribution < 1.29 is 5.11 Å². The van der Waals surface area contributed by atoms with Crippen LogP contribution in [-0.4, -0.2) is 11.7 Å². The van der Waals surface area contributed by atoms with Gasteiger partial charge < -0.3 is 5.11 Å². The maximum atomic E-state index is 9.48. The van der Waals surface area contributed by atoms with E-state index in [1.807, 2.05) is 0 Å². The lowest BCUT2D eigenvalue weighted by Gasteiger charge is -2.40. The molecule has 2 saturated carbocycles. The third-order valence-electron chi connectivity index (χ3n) is 6.22. The van der Waals surface area contributed by atoms with Crippen LogP contribution < -0.4 is 0 Å². The van der Waals surface area contributed by atoms with Crippen molar-refractivity contribution in [3.05, 3.63) is 0 Å². The fourth-order valence-corrected chi connectivity index (χ4v) is 5.00. The van der Waals surface area contributed by atoms with Crippen LogP contribution in [0.2, 0.25) is 0 Å². The topological polar surface area (TPSA) is 44.0 Å². The number of rotatable bonds is 6. The van der Waals surface area contributed by atoms with E-state index < -0.39 is 0 Å². The monoisotopic (exact) mass is 291 g/mol. The second-order valence-electron chi connectivity index (χ2n) is 7.49. The Kier molecular flexibility index (Phi) is 7.04. The fourth-order valence-electron chi connectivity index (χ4n) is 5.00. The Hall–Kier alpha value is -0.550. The maximum Gasteiger partial charge on any atom is 0.0655 e. The average Bonchev–Trinajstić information content (AvgIpc) is 2.54. The number of nitrogens with zero attached hydrogens (tertiary/aromatic N) is 1. The molecule has 1 N–H and O–H groups in total. The Morgan fingerprint density at radius 1 is 1.00 bits per heavy atom. The van der Waals surface area contributed by atoms with Crippen LogP contribution in [0.3, 0.4) is 0 Å². The van der Waals surface area contributed by atoms with Crippen molar-refractivity contribution >= 4 is 0 Å².